The minimum absolute atomic E-state index is 0. The maximum atomic E-state index is 10.1. The Morgan fingerprint density at radius 2 is 0.607 bits per heavy atom. The Balaban J connectivity index is 0.000000384. The predicted molar refractivity (Wildman–Crippen MR) is 98.1 cm³/mol. The number of carboxylic acid groups (broad SMARTS) is 3. The van der Waals surface area contributed by atoms with Crippen molar-refractivity contribution in [3.63, 3.8) is 0 Å². The first kappa shape index (κ1) is 24.6. The zero-order valence-electron chi connectivity index (χ0n) is 14.7. The SMILES string of the molecule is O=C([O-])c1ccccc1.O=C([O-])c1ccccc1.O=C([O-])c1ccccc1.[Al+3]. The van der Waals surface area contributed by atoms with E-state index in [1.807, 2.05) is 0 Å². The summed E-state index contributed by atoms with van der Waals surface area (Å²) in [5.41, 5.74) is 0.660. The quantitative estimate of drug-likeness (QED) is 0.570. The van der Waals surface area contributed by atoms with E-state index in [0.717, 1.165) is 0 Å². The summed E-state index contributed by atoms with van der Waals surface area (Å²) in [7, 11) is 0. The van der Waals surface area contributed by atoms with Crippen LogP contribution in [0.3, 0.4) is 0 Å². The van der Waals surface area contributed by atoms with Gasteiger partial charge in [0.1, 0.15) is 0 Å². The van der Waals surface area contributed by atoms with Crippen LogP contribution in [0, 0.1) is 0 Å². The van der Waals surface area contributed by atoms with Gasteiger partial charge in [0.25, 0.3) is 0 Å². The third-order valence-electron chi connectivity index (χ3n) is 3.03. The standard InChI is InChI=1S/3C7H6O2.Al/c3*8-7(9)6-4-2-1-3-5-6;/h3*1-5H,(H,8,9);/q;;;+3/p-3. The number of hydrogen-bond acceptors (Lipinski definition) is 6. The minimum Gasteiger partial charge on any atom is -0.545 e. The zero-order chi connectivity index (χ0) is 20.1. The summed E-state index contributed by atoms with van der Waals surface area (Å²) < 4.78 is 0. The fraction of sp³-hybridized carbons (Fsp3) is 0. The van der Waals surface area contributed by atoms with E-state index >= 15 is 0 Å². The van der Waals surface area contributed by atoms with Crippen LogP contribution in [0.4, 0.5) is 0 Å². The average molecular weight is 390 g/mol. The van der Waals surface area contributed by atoms with E-state index in [1.54, 1.807) is 54.6 Å². The van der Waals surface area contributed by atoms with Gasteiger partial charge < -0.3 is 29.7 Å². The number of carboxylic acids is 3. The van der Waals surface area contributed by atoms with Crippen molar-refractivity contribution in [2.75, 3.05) is 0 Å². The summed E-state index contributed by atoms with van der Waals surface area (Å²) in [5, 5.41) is 30.3. The topological polar surface area (TPSA) is 120 Å². The molecular formula is C21H15AlO6. The van der Waals surface area contributed by atoms with Crippen LogP contribution < -0.4 is 15.3 Å². The molecule has 0 aliphatic carbocycles. The number of rotatable bonds is 3. The summed E-state index contributed by atoms with van der Waals surface area (Å²) in [6, 6.07) is 24.2. The second kappa shape index (κ2) is 13.8. The van der Waals surface area contributed by atoms with Crippen LogP contribution in [0.15, 0.2) is 91.0 Å². The molecule has 0 aliphatic heterocycles. The molecule has 0 aromatic heterocycles. The van der Waals surface area contributed by atoms with Crippen LogP contribution in [0.1, 0.15) is 31.1 Å². The Bertz CT molecular complexity index is 734. The first-order chi connectivity index (χ1) is 12.9. The monoisotopic (exact) mass is 390 g/mol. The molecule has 3 aromatic carbocycles. The van der Waals surface area contributed by atoms with Gasteiger partial charge >= 0.3 is 17.4 Å². The van der Waals surface area contributed by atoms with Gasteiger partial charge in [0.2, 0.25) is 0 Å². The Labute approximate surface area is 172 Å². The van der Waals surface area contributed by atoms with Crippen molar-refractivity contribution in [3.05, 3.63) is 108 Å². The van der Waals surface area contributed by atoms with Crippen LogP contribution in [-0.4, -0.2) is 35.3 Å². The molecule has 28 heavy (non-hydrogen) atoms. The van der Waals surface area contributed by atoms with Crippen LogP contribution in [-0.2, 0) is 0 Å². The number of carbonyl (C=O) groups excluding carboxylic acids is 3. The van der Waals surface area contributed by atoms with Crippen molar-refractivity contribution in [2.24, 2.45) is 0 Å². The molecule has 0 unspecified atom stereocenters. The fourth-order valence-electron chi connectivity index (χ4n) is 1.72. The van der Waals surface area contributed by atoms with Gasteiger partial charge in [-0.25, -0.2) is 0 Å². The van der Waals surface area contributed by atoms with E-state index in [1.165, 1.54) is 36.4 Å². The molecule has 3 aromatic rings. The van der Waals surface area contributed by atoms with Crippen molar-refractivity contribution in [1.29, 1.82) is 0 Å². The first-order valence-corrected chi connectivity index (χ1v) is 7.71. The van der Waals surface area contributed by atoms with Gasteiger partial charge in [0.05, 0.1) is 17.9 Å². The van der Waals surface area contributed by atoms with E-state index < -0.39 is 17.9 Å². The summed E-state index contributed by atoms with van der Waals surface area (Å²) >= 11 is 0. The molecule has 0 saturated carbocycles. The summed E-state index contributed by atoms with van der Waals surface area (Å²) in [6.45, 7) is 0. The smallest absolute Gasteiger partial charge is 0.545 e. The average Bonchev–Trinajstić information content (AvgIpc) is 2.71. The molecule has 7 heteroatoms. The Morgan fingerprint density at radius 3 is 0.714 bits per heavy atom. The molecule has 0 amide bonds. The molecule has 138 valence electrons. The Kier molecular flexibility index (Phi) is 12.1. The summed E-state index contributed by atoms with van der Waals surface area (Å²) in [5.74, 6) is -3.39. The Morgan fingerprint density at radius 1 is 0.429 bits per heavy atom. The summed E-state index contributed by atoms with van der Waals surface area (Å²) in [4.78, 5) is 30.3. The molecule has 0 bridgehead atoms. The molecule has 0 fully saturated rings. The van der Waals surface area contributed by atoms with E-state index in [4.69, 9.17) is 0 Å². The maximum absolute atomic E-state index is 10.1. The van der Waals surface area contributed by atoms with Crippen molar-refractivity contribution in [3.8, 4) is 0 Å². The third-order valence-corrected chi connectivity index (χ3v) is 3.03. The largest absolute Gasteiger partial charge is 3.00 e. The van der Waals surface area contributed by atoms with E-state index in [0.29, 0.717) is 0 Å². The van der Waals surface area contributed by atoms with Gasteiger partial charge in [-0.15, -0.1) is 0 Å². The van der Waals surface area contributed by atoms with E-state index in [-0.39, 0.29) is 34.1 Å². The second-order valence-corrected chi connectivity index (χ2v) is 4.96. The molecule has 0 saturated heterocycles. The molecule has 3 rings (SSSR count). The van der Waals surface area contributed by atoms with Crippen LogP contribution in [0.25, 0.3) is 0 Å². The molecule has 0 N–H and O–H groups in total. The number of benzene rings is 3. The van der Waals surface area contributed by atoms with Gasteiger partial charge in [0, 0.05) is 0 Å². The van der Waals surface area contributed by atoms with E-state index in [9.17, 15) is 29.7 Å². The maximum Gasteiger partial charge on any atom is 3.00 e. The minimum atomic E-state index is -1.13. The first-order valence-electron chi connectivity index (χ1n) is 7.71. The van der Waals surface area contributed by atoms with Gasteiger partial charge in [-0.1, -0.05) is 91.0 Å². The van der Waals surface area contributed by atoms with E-state index in [2.05, 4.69) is 0 Å². The van der Waals surface area contributed by atoms with Crippen LogP contribution >= 0.6 is 0 Å². The molecule has 0 heterocycles. The second-order valence-electron chi connectivity index (χ2n) is 4.96. The molecule has 6 nitrogen and oxygen atoms in total. The fourth-order valence-corrected chi connectivity index (χ4v) is 1.72. The van der Waals surface area contributed by atoms with Crippen LogP contribution in [0.5, 0.6) is 0 Å². The number of hydrogen-bond donors (Lipinski definition) is 0. The predicted octanol–water partition coefficient (Wildman–Crippen LogP) is -0.231. The van der Waals surface area contributed by atoms with Crippen molar-refractivity contribution >= 4 is 35.3 Å². The number of carbonyl (C=O) groups is 3. The molecule has 0 spiro atoms. The van der Waals surface area contributed by atoms with Gasteiger partial charge in [-0.05, 0) is 16.7 Å². The third kappa shape index (κ3) is 9.92. The Hall–Kier alpha value is -3.40. The molecule has 0 atom stereocenters. The van der Waals surface area contributed by atoms with Crippen molar-refractivity contribution in [2.45, 2.75) is 0 Å². The van der Waals surface area contributed by atoms with Gasteiger partial charge in [-0.2, -0.15) is 0 Å². The zero-order valence-corrected chi connectivity index (χ0v) is 15.8. The summed E-state index contributed by atoms with van der Waals surface area (Å²) in [6.07, 6.45) is 0. The molecular weight excluding hydrogens is 375 g/mol. The van der Waals surface area contributed by atoms with Crippen LogP contribution in [0.2, 0.25) is 0 Å². The number of aromatic carboxylic acids is 3. The normalized spacial score (nSPS) is 8.57. The van der Waals surface area contributed by atoms with Crippen molar-refractivity contribution in [1.82, 2.24) is 0 Å². The molecule has 0 aliphatic rings. The van der Waals surface area contributed by atoms with Gasteiger partial charge in [-0.3, -0.25) is 0 Å². The van der Waals surface area contributed by atoms with Gasteiger partial charge in [0.15, 0.2) is 0 Å². The molecule has 0 radical (unpaired) electrons. The van der Waals surface area contributed by atoms with Crippen molar-refractivity contribution < 1.29 is 29.7 Å².